The molecule has 0 atom stereocenters. The molecule has 0 aliphatic carbocycles. The Morgan fingerprint density at radius 3 is 2.65 bits per heavy atom. The van der Waals surface area contributed by atoms with Gasteiger partial charge in [0.25, 0.3) is 5.91 Å². The summed E-state index contributed by atoms with van der Waals surface area (Å²) >= 11 is 6.80. The van der Waals surface area contributed by atoms with Crippen LogP contribution in [0.15, 0.2) is 65.7 Å². The van der Waals surface area contributed by atoms with E-state index in [1.165, 1.54) is 11.8 Å². The molecule has 0 spiro atoms. The fourth-order valence-electron chi connectivity index (χ4n) is 3.36. The predicted molar refractivity (Wildman–Crippen MR) is 130 cm³/mol. The van der Waals surface area contributed by atoms with Crippen LogP contribution in [0.1, 0.15) is 19.4 Å². The van der Waals surface area contributed by atoms with Crippen LogP contribution < -0.4 is 4.74 Å². The van der Waals surface area contributed by atoms with Crippen molar-refractivity contribution >= 4 is 40.3 Å². The fourth-order valence-corrected chi connectivity index (χ4v) is 4.63. The summed E-state index contributed by atoms with van der Waals surface area (Å²) in [6, 6.07) is 17.7. The Labute approximate surface area is 191 Å². The molecule has 0 N–H and O–H groups in total. The van der Waals surface area contributed by atoms with Gasteiger partial charge in [0.2, 0.25) is 0 Å². The van der Waals surface area contributed by atoms with Crippen molar-refractivity contribution in [3.05, 3.63) is 71.3 Å². The zero-order valence-electron chi connectivity index (χ0n) is 17.6. The lowest BCUT2D eigenvalue weighted by molar-refractivity contribution is -0.122. The number of rotatable bonds is 6. The number of carbonyl (C=O) groups is 1. The Morgan fingerprint density at radius 2 is 1.94 bits per heavy atom. The molecule has 7 heteroatoms. The number of aromatic nitrogens is 2. The molecule has 1 aliphatic heterocycles. The number of para-hydroxylation sites is 1. The minimum absolute atomic E-state index is 0.0484. The van der Waals surface area contributed by atoms with Crippen LogP contribution in [0.2, 0.25) is 0 Å². The maximum atomic E-state index is 13.0. The smallest absolute Gasteiger partial charge is 0.266 e. The minimum Gasteiger partial charge on any atom is -0.497 e. The number of benzene rings is 2. The second kappa shape index (κ2) is 9.08. The Hall–Kier alpha value is -2.90. The van der Waals surface area contributed by atoms with Gasteiger partial charge < -0.3 is 4.74 Å². The fraction of sp³-hybridized carbons (Fsp3) is 0.208. The molecule has 3 aromatic rings. The number of nitrogens with zero attached hydrogens (tertiary/aromatic N) is 3. The summed E-state index contributed by atoms with van der Waals surface area (Å²) in [5.74, 6) is 1.05. The summed E-state index contributed by atoms with van der Waals surface area (Å²) < 4.78 is 7.82. The zero-order valence-corrected chi connectivity index (χ0v) is 19.2. The van der Waals surface area contributed by atoms with E-state index in [4.69, 9.17) is 22.1 Å². The first kappa shape index (κ1) is 21.3. The monoisotopic (exact) mass is 449 g/mol. The van der Waals surface area contributed by atoms with Gasteiger partial charge in [0.15, 0.2) is 0 Å². The summed E-state index contributed by atoms with van der Waals surface area (Å²) in [6.45, 7) is 4.77. The zero-order chi connectivity index (χ0) is 22.0. The molecule has 0 unspecified atom stereocenters. The maximum absolute atomic E-state index is 13.0. The molecule has 158 valence electrons. The number of carbonyl (C=O) groups excluding carboxylic acids is 1. The van der Waals surface area contributed by atoms with Gasteiger partial charge in [-0.25, -0.2) is 4.68 Å². The molecule has 4 rings (SSSR count). The van der Waals surface area contributed by atoms with E-state index >= 15 is 0 Å². The molecule has 31 heavy (non-hydrogen) atoms. The van der Waals surface area contributed by atoms with E-state index in [2.05, 4.69) is 13.8 Å². The third kappa shape index (κ3) is 4.57. The Morgan fingerprint density at radius 1 is 1.16 bits per heavy atom. The van der Waals surface area contributed by atoms with Gasteiger partial charge in [0.05, 0.1) is 17.7 Å². The van der Waals surface area contributed by atoms with Crippen LogP contribution >= 0.6 is 24.0 Å². The standard InChI is InChI=1S/C24H23N3O2S2/c1-16(2)14-26-23(28)21(31-24(26)30)13-18-15-27(19-9-5-4-6-10-19)25-22(18)17-8-7-11-20(12-17)29-3/h4-13,15-16H,14H2,1-3H3. The van der Waals surface area contributed by atoms with E-state index in [0.29, 0.717) is 21.7 Å². The van der Waals surface area contributed by atoms with Crippen molar-refractivity contribution in [2.24, 2.45) is 5.92 Å². The third-order valence-corrected chi connectivity index (χ3v) is 6.19. The molecular formula is C24H23N3O2S2. The highest BCUT2D eigenvalue weighted by Gasteiger charge is 2.32. The number of hydrogen-bond donors (Lipinski definition) is 0. The van der Waals surface area contributed by atoms with Gasteiger partial charge >= 0.3 is 0 Å². The Bertz CT molecular complexity index is 1150. The molecular weight excluding hydrogens is 426 g/mol. The van der Waals surface area contributed by atoms with Gasteiger partial charge in [-0.3, -0.25) is 9.69 Å². The van der Waals surface area contributed by atoms with E-state index in [1.54, 1.807) is 12.0 Å². The van der Waals surface area contributed by atoms with Gasteiger partial charge in [-0.1, -0.05) is 68.2 Å². The Balaban J connectivity index is 1.79. The number of thiocarbonyl (C=S) groups is 1. The van der Waals surface area contributed by atoms with Crippen molar-refractivity contribution in [2.75, 3.05) is 13.7 Å². The lowest BCUT2D eigenvalue weighted by Gasteiger charge is -2.16. The van der Waals surface area contributed by atoms with E-state index in [1.807, 2.05) is 71.6 Å². The summed E-state index contributed by atoms with van der Waals surface area (Å²) in [5, 5.41) is 4.83. The van der Waals surface area contributed by atoms with E-state index in [0.717, 1.165) is 28.3 Å². The summed E-state index contributed by atoms with van der Waals surface area (Å²) in [6.07, 6.45) is 3.83. The van der Waals surface area contributed by atoms with Crippen molar-refractivity contribution in [1.82, 2.24) is 14.7 Å². The van der Waals surface area contributed by atoms with Crippen molar-refractivity contribution < 1.29 is 9.53 Å². The lowest BCUT2D eigenvalue weighted by Crippen LogP contribution is -2.31. The third-order valence-electron chi connectivity index (χ3n) is 4.81. The van der Waals surface area contributed by atoms with Crippen LogP contribution in [0.25, 0.3) is 23.0 Å². The second-order valence-corrected chi connectivity index (χ2v) is 9.31. The van der Waals surface area contributed by atoms with Gasteiger partial charge in [0.1, 0.15) is 15.8 Å². The number of amides is 1. The van der Waals surface area contributed by atoms with Crippen LogP contribution in [0.4, 0.5) is 0 Å². The van der Waals surface area contributed by atoms with E-state index in [9.17, 15) is 4.79 Å². The number of methoxy groups -OCH3 is 1. The predicted octanol–water partition coefficient (Wildman–Crippen LogP) is 5.41. The van der Waals surface area contributed by atoms with E-state index < -0.39 is 0 Å². The maximum Gasteiger partial charge on any atom is 0.266 e. The van der Waals surface area contributed by atoms with Crippen molar-refractivity contribution in [3.8, 4) is 22.7 Å². The van der Waals surface area contributed by atoms with Crippen LogP contribution in [-0.4, -0.2) is 38.6 Å². The van der Waals surface area contributed by atoms with Crippen LogP contribution in [-0.2, 0) is 4.79 Å². The minimum atomic E-state index is -0.0484. The average molecular weight is 450 g/mol. The topological polar surface area (TPSA) is 47.4 Å². The molecule has 1 aromatic heterocycles. The number of hydrogen-bond acceptors (Lipinski definition) is 5. The van der Waals surface area contributed by atoms with Crippen LogP contribution in [0, 0.1) is 5.92 Å². The molecule has 2 aromatic carbocycles. The molecule has 1 aliphatic rings. The van der Waals surface area contributed by atoms with Gasteiger partial charge in [-0.15, -0.1) is 0 Å². The van der Waals surface area contributed by atoms with E-state index in [-0.39, 0.29) is 5.91 Å². The van der Waals surface area contributed by atoms with Crippen LogP contribution in [0.5, 0.6) is 5.75 Å². The summed E-state index contributed by atoms with van der Waals surface area (Å²) in [4.78, 5) is 15.3. The molecule has 1 fully saturated rings. The normalized spacial score (nSPS) is 15.4. The summed E-state index contributed by atoms with van der Waals surface area (Å²) in [5.41, 5.74) is 3.48. The molecule has 0 saturated carbocycles. The first-order valence-electron chi connectivity index (χ1n) is 10.0. The van der Waals surface area contributed by atoms with Crippen molar-refractivity contribution in [3.63, 3.8) is 0 Å². The second-order valence-electron chi connectivity index (χ2n) is 7.63. The molecule has 0 radical (unpaired) electrons. The van der Waals surface area contributed by atoms with Crippen molar-refractivity contribution in [2.45, 2.75) is 13.8 Å². The highest BCUT2D eigenvalue weighted by Crippen LogP contribution is 2.35. The van der Waals surface area contributed by atoms with Crippen LogP contribution in [0.3, 0.4) is 0 Å². The highest BCUT2D eigenvalue weighted by molar-refractivity contribution is 8.26. The molecule has 2 heterocycles. The van der Waals surface area contributed by atoms with Gasteiger partial charge in [-0.05, 0) is 36.3 Å². The quantitative estimate of drug-likeness (QED) is 0.372. The largest absolute Gasteiger partial charge is 0.497 e. The first-order chi connectivity index (χ1) is 15.0. The van der Waals surface area contributed by atoms with Gasteiger partial charge in [0, 0.05) is 23.9 Å². The van der Waals surface area contributed by atoms with Gasteiger partial charge in [-0.2, -0.15) is 5.10 Å². The number of thioether (sulfide) groups is 1. The molecule has 1 saturated heterocycles. The summed E-state index contributed by atoms with van der Waals surface area (Å²) in [7, 11) is 1.64. The first-order valence-corrected chi connectivity index (χ1v) is 11.2. The molecule has 0 bridgehead atoms. The highest BCUT2D eigenvalue weighted by atomic mass is 32.2. The molecule has 1 amide bonds. The number of ether oxygens (including phenoxy) is 1. The van der Waals surface area contributed by atoms with Crippen molar-refractivity contribution in [1.29, 1.82) is 0 Å². The Kier molecular flexibility index (Phi) is 6.25. The average Bonchev–Trinajstić information content (AvgIpc) is 3.31. The lowest BCUT2D eigenvalue weighted by atomic mass is 10.1. The SMILES string of the molecule is COc1cccc(-c2nn(-c3ccccc3)cc2C=C2SC(=S)N(CC(C)C)C2=O)c1. The molecule has 5 nitrogen and oxygen atoms in total.